The van der Waals surface area contributed by atoms with E-state index in [1.807, 2.05) is 0 Å². The lowest BCUT2D eigenvalue weighted by Crippen LogP contribution is -2.35. The van der Waals surface area contributed by atoms with Gasteiger partial charge in [-0.3, -0.25) is 9.59 Å². The first-order valence-corrected chi connectivity index (χ1v) is 6.77. The van der Waals surface area contributed by atoms with Crippen LogP contribution in [0.4, 0.5) is 8.78 Å². The molecule has 1 aromatic rings. The molecule has 0 aromatic heterocycles. The van der Waals surface area contributed by atoms with Crippen molar-refractivity contribution >= 4 is 11.9 Å². The summed E-state index contributed by atoms with van der Waals surface area (Å²) in [5.74, 6) is -2.24. The first-order chi connectivity index (χ1) is 9.82. The molecule has 0 aliphatic carbocycles. The Kier molecular flexibility index (Phi) is 4.25. The number of carboxylic acid groups (broad SMARTS) is 1. The first kappa shape index (κ1) is 15.4. The molecule has 1 amide bonds. The topological polar surface area (TPSA) is 57.6 Å². The SMILES string of the molecule is C[C@@]1(C(=O)O)CCN(C(=O)CCc2cc(F)ccc2F)C1. The van der Waals surface area contributed by atoms with E-state index in [1.165, 1.54) is 4.90 Å². The molecule has 6 heteroatoms. The Morgan fingerprint density at radius 3 is 2.71 bits per heavy atom. The van der Waals surface area contributed by atoms with Crippen LogP contribution in [0.5, 0.6) is 0 Å². The van der Waals surface area contributed by atoms with Gasteiger partial charge in [-0.25, -0.2) is 8.78 Å². The van der Waals surface area contributed by atoms with Gasteiger partial charge in [0, 0.05) is 19.5 Å². The van der Waals surface area contributed by atoms with Crippen LogP contribution in [-0.4, -0.2) is 35.0 Å². The second-order valence-electron chi connectivity index (χ2n) is 5.67. The van der Waals surface area contributed by atoms with Gasteiger partial charge >= 0.3 is 5.97 Å². The highest BCUT2D eigenvalue weighted by molar-refractivity contribution is 5.80. The summed E-state index contributed by atoms with van der Waals surface area (Å²) in [4.78, 5) is 24.6. The van der Waals surface area contributed by atoms with E-state index in [2.05, 4.69) is 0 Å². The third-order valence-corrected chi connectivity index (χ3v) is 3.96. The van der Waals surface area contributed by atoms with E-state index in [0.717, 1.165) is 18.2 Å². The average Bonchev–Trinajstić information content (AvgIpc) is 2.84. The molecule has 2 rings (SSSR count). The predicted octanol–water partition coefficient (Wildman–Crippen LogP) is 2.22. The summed E-state index contributed by atoms with van der Waals surface area (Å²) in [7, 11) is 0. The van der Waals surface area contributed by atoms with Crippen molar-refractivity contribution in [2.24, 2.45) is 5.41 Å². The minimum atomic E-state index is -0.922. The van der Waals surface area contributed by atoms with E-state index in [1.54, 1.807) is 6.92 Å². The molecule has 1 N–H and O–H groups in total. The number of carboxylic acids is 1. The summed E-state index contributed by atoms with van der Waals surface area (Å²) in [6.07, 6.45) is 0.543. The smallest absolute Gasteiger partial charge is 0.311 e. The van der Waals surface area contributed by atoms with Gasteiger partial charge in [0.25, 0.3) is 0 Å². The van der Waals surface area contributed by atoms with Gasteiger partial charge in [-0.2, -0.15) is 0 Å². The normalized spacial score (nSPS) is 21.6. The summed E-state index contributed by atoms with van der Waals surface area (Å²) in [6.45, 7) is 2.15. The molecule has 4 nitrogen and oxygen atoms in total. The molecule has 0 bridgehead atoms. The molecule has 1 fully saturated rings. The molecular formula is C15H17F2NO3. The standard InChI is InChI=1S/C15H17F2NO3/c1-15(14(20)21)6-7-18(9-15)13(19)5-2-10-8-11(16)3-4-12(10)17/h3-4,8H,2,5-7,9H2,1H3,(H,20,21)/t15-/m1/s1. The Morgan fingerprint density at radius 2 is 2.10 bits per heavy atom. The molecule has 0 unspecified atom stereocenters. The minimum absolute atomic E-state index is 0.0378. The molecule has 1 saturated heterocycles. The third-order valence-electron chi connectivity index (χ3n) is 3.96. The number of carbonyl (C=O) groups is 2. The maximum Gasteiger partial charge on any atom is 0.311 e. The Balaban J connectivity index is 1.94. The second-order valence-corrected chi connectivity index (χ2v) is 5.67. The van der Waals surface area contributed by atoms with E-state index < -0.39 is 23.0 Å². The highest BCUT2D eigenvalue weighted by Crippen LogP contribution is 2.30. The maximum atomic E-state index is 13.5. The lowest BCUT2D eigenvalue weighted by molar-refractivity contribution is -0.147. The van der Waals surface area contributed by atoms with Crippen LogP contribution in [0, 0.1) is 17.0 Å². The fourth-order valence-corrected chi connectivity index (χ4v) is 2.48. The van der Waals surface area contributed by atoms with Crippen LogP contribution in [-0.2, 0) is 16.0 Å². The Bertz CT molecular complexity index is 576. The van der Waals surface area contributed by atoms with Gasteiger partial charge in [0.15, 0.2) is 0 Å². The monoisotopic (exact) mass is 297 g/mol. The molecule has 1 aliphatic heterocycles. The molecule has 0 radical (unpaired) electrons. The quantitative estimate of drug-likeness (QED) is 0.927. The number of likely N-dealkylation sites (tertiary alicyclic amines) is 1. The van der Waals surface area contributed by atoms with Gasteiger partial charge in [-0.1, -0.05) is 0 Å². The fraction of sp³-hybridized carbons (Fsp3) is 0.467. The highest BCUT2D eigenvalue weighted by atomic mass is 19.1. The summed E-state index contributed by atoms with van der Waals surface area (Å²) < 4.78 is 26.5. The van der Waals surface area contributed by atoms with Crippen LogP contribution >= 0.6 is 0 Å². The number of hydrogen-bond acceptors (Lipinski definition) is 2. The van der Waals surface area contributed by atoms with Crippen LogP contribution in [0.25, 0.3) is 0 Å². The molecule has 1 aromatic carbocycles. The summed E-state index contributed by atoms with van der Waals surface area (Å²) in [5.41, 5.74) is -0.761. The number of carbonyl (C=O) groups excluding carboxylic acids is 1. The molecule has 21 heavy (non-hydrogen) atoms. The molecular weight excluding hydrogens is 280 g/mol. The number of benzene rings is 1. The number of rotatable bonds is 4. The van der Waals surface area contributed by atoms with Crippen molar-refractivity contribution in [2.45, 2.75) is 26.2 Å². The zero-order valence-electron chi connectivity index (χ0n) is 11.7. The zero-order chi connectivity index (χ0) is 15.6. The number of hydrogen-bond donors (Lipinski definition) is 1. The molecule has 0 saturated carbocycles. The molecule has 114 valence electrons. The fourth-order valence-electron chi connectivity index (χ4n) is 2.48. The third kappa shape index (κ3) is 3.37. The number of halogens is 2. The highest BCUT2D eigenvalue weighted by Gasteiger charge is 2.41. The minimum Gasteiger partial charge on any atom is -0.481 e. The molecule has 1 aliphatic rings. The van der Waals surface area contributed by atoms with E-state index in [4.69, 9.17) is 5.11 Å². The van der Waals surface area contributed by atoms with Crippen molar-refractivity contribution in [3.8, 4) is 0 Å². The van der Waals surface area contributed by atoms with Crippen LogP contribution < -0.4 is 0 Å². The van der Waals surface area contributed by atoms with Crippen LogP contribution in [0.2, 0.25) is 0 Å². The van der Waals surface area contributed by atoms with Crippen molar-refractivity contribution in [3.63, 3.8) is 0 Å². The Labute approximate surface area is 121 Å². The van der Waals surface area contributed by atoms with Gasteiger partial charge in [0.1, 0.15) is 11.6 Å². The first-order valence-electron chi connectivity index (χ1n) is 6.77. The van der Waals surface area contributed by atoms with Crippen molar-refractivity contribution < 1.29 is 23.5 Å². The number of nitrogens with zero attached hydrogens (tertiary/aromatic N) is 1. The van der Waals surface area contributed by atoms with E-state index in [0.29, 0.717) is 13.0 Å². The van der Waals surface area contributed by atoms with Crippen LogP contribution in [0.15, 0.2) is 18.2 Å². The van der Waals surface area contributed by atoms with Gasteiger partial charge in [0.2, 0.25) is 5.91 Å². The number of aryl methyl sites for hydroxylation is 1. The molecule has 1 heterocycles. The summed E-state index contributed by atoms with van der Waals surface area (Å²) >= 11 is 0. The zero-order valence-corrected chi connectivity index (χ0v) is 11.7. The predicted molar refractivity (Wildman–Crippen MR) is 71.6 cm³/mol. The maximum absolute atomic E-state index is 13.5. The molecule has 0 spiro atoms. The summed E-state index contributed by atoms with van der Waals surface area (Å²) in [6, 6.07) is 3.14. The molecule has 1 atom stereocenters. The van der Waals surface area contributed by atoms with Crippen molar-refractivity contribution in [3.05, 3.63) is 35.4 Å². The van der Waals surface area contributed by atoms with Gasteiger partial charge in [-0.15, -0.1) is 0 Å². The van der Waals surface area contributed by atoms with Crippen molar-refractivity contribution in [2.75, 3.05) is 13.1 Å². The summed E-state index contributed by atoms with van der Waals surface area (Å²) in [5, 5.41) is 9.12. The lowest BCUT2D eigenvalue weighted by Gasteiger charge is -2.20. The Morgan fingerprint density at radius 1 is 1.38 bits per heavy atom. The van der Waals surface area contributed by atoms with E-state index >= 15 is 0 Å². The van der Waals surface area contributed by atoms with Crippen molar-refractivity contribution in [1.82, 2.24) is 4.90 Å². The number of aliphatic carboxylic acids is 1. The van der Waals surface area contributed by atoms with Gasteiger partial charge < -0.3 is 10.0 Å². The van der Waals surface area contributed by atoms with Crippen LogP contribution in [0.1, 0.15) is 25.3 Å². The largest absolute Gasteiger partial charge is 0.481 e. The van der Waals surface area contributed by atoms with E-state index in [9.17, 15) is 18.4 Å². The Hall–Kier alpha value is -1.98. The average molecular weight is 297 g/mol. The van der Waals surface area contributed by atoms with E-state index in [-0.39, 0.29) is 30.9 Å². The van der Waals surface area contributed by atoms with Gasteiger partial charge in [0.05, 0.1) is 5.41 Å². The van der Waals surface area contributed by atoms with Crippen molar-refractivity contribution in [1.29, 1.82) is 0 Å². The second kappa shape index (κ2) is 5.79. The lowest BCUT2D eigenvalue weighted by atomic mass is 9.90. The van der Waals surface area contributed by atoms with Crippen LogP contribution in [0.3, 0.4) is 0 Å². The number of amides is 1. The van der Waals surface area contributed by atoms with Gasteiger partial charge in [-0.05, 0) is 43.5 Å².